The van der Waals surface area contributed by atoms with E-state index in [2.05, 4.69) is 15.6 Å². The largest absolute Gasteiger partial charge is 0.332 e. The molecule has 0 saturated heterocycles. The maximum Gasteiger partial charge on any atom is 0.275 e. The standard InChI is InChI=1S/C25H20F2N4O2/c1-16-2-6-18(7-3-16)24(32)29-19-8-4-17(5-9-19)13-31-14-23(28-15-31)25(33)30-20-10-11-21(26)22(27)12-20/h2-12,14-15H,13H2,1H3,(H,29,32)(H,30,33). The first-order valence-corrected chi connectivity index (χ1v) is 10.1. The number of benzene rings is 3. The SMILES string of the molecule is Cc1ccc(C(=O)Nc2ccc(Cn3cnc(C(=O)Nc4ccc(F)c(F)c4)c3)cc2)cc1. The van der Waals surface area contributed by atoms with Gasteiger partial charge in [-0.3, -0.25) is 9.59 Å². The van der Waals surface area contributed by atoms with Crippen molar-refractivity contribution in [3.8, 4) is 0 Å². The van der Waals surface area contributed by atoms with Gasteiger partial charge in [-0.1, -0.05) is 29.8 Å². The molecule has 3 aromatic carbocycles. The van der Waals surface area contributed by atoms with Crippen molar-refractivity contribution in [2.24, 2.45) is 0 Å². The van der Waals surface area contributed by atoms with E-state index in [0.717, 1.165) is 23.3 Å². The molecule has 33 heavy (non-hydrogen) atoms. The third kappa shape index (κ3) is 5.48. The molecule has 4 aromatic rings. The Bertz CT molecular complexity index is 1300. The highest BCUT2D eigenvalue weighted by atomic mass is 19.2. The van der Waals surface area contributed by atoms with Crippen molar-refractivity contribution in [2.75, 3.05) is 10.6 Å². The van der Waals surface area contributed by atoms with Crippen molar-refractivity contribution in [1.82, 2.24) is 9.55 Å². The second kappa shape index (κ2) is 9.44. The molecule has 2 amide bonds. The number of amides is 2. The van der Waals surface area contributed by atoms with Crippen LogP contribution >= 0.6 is 0 Å². The lowest BCUT2D eigenvalue weighted by Gasteiger charge is -2.07. The molecule has 1 heterocycles. The van der Waals surface area contributed by atoms with Crippen LogP contribution in [-0.2, 0) is 6.54 Å². The number of rotatable bonds is 6. The van der Waals surface area contributed by atoms with Gasteiger partial charge in [0.25, 0.3) is 11.8 Å². The molecule has 4 rings (SSSR count). The first kappa shape index (κ1) is 21.9. The summed E-state index contributed by atoms with van der Waals surface area (Å²) < 4.78 is 28.1. The van der Waals surface area contributed by atoms with Gasteiger partial charge in [0.05, 0.1) is 6.33 Å². The van der Waals surface area contributed by atoms with E-state index in [1.165, 1.54) is 12.4 Å². The minimum Gasteiger partial charge on any atom is -0.332 e. The first-order valence-electron chi connectivity index (χ1n) is 10.1. The van der Waals surface area contributed by atoms with Gasteiger partial charge in [-0.2, -0.15) is 0 Å². The van der Waals surface area contributed by atoms with Crippen LogP contribution in [0.2, 0.25) is 0 Å². The molecule has 0 aliphatic heterocycles. The summed E-state index contributed by atoms with van der Waals surface area (Å²) in [5.41, 5.74) is 3.55. The fourth-order valence-corrected chi connectivity index (χ4v) is 3.15. The number of carbonyl (C=O) groups is 2. The van der Waals surface area contributed by atoms with Gasteiger partial charge in [-0.15, -0.1) is 0 Å². The topological polar surface area (TPSA) is 76.0 Å². The zero-order valence-electron chi connectivity index (χ0n) is 17.7. The van der Waals surface area contributed by atoms with Crippen LogP contribution in [0, 0.1) is 18.6 Å². The summed E-state index contributed by atoms with van der Waals surface area (Å²) in [4.78, 5) is 28.7. The molecular formula is C25H20F2N4O2. The highest BCUT2D eigenvalue weighted by Gasteiger charge is 2.12. The fourth-order valence-electron chi connectivity index (χ4n) is 3.15. The summed E-state index contributed by atoms with van der Waals surface area (Å²) in [6, 6.07) is 17.8. The molecular weight excluding hydrogens is 426 g/mol. The lowest BCUT2D eigenvalue weighted by molar-refractivity contribution is 0.101. The van der Waals surface area contributed by atoms with E-state index in [-0.39, 0.29) is 17.3 Å². The van der Waals surface area contributed by atoms with E-state index >= 15 is 0 Å². The zero-order chi connectivity index (χ0) is 23.4. The first-order chi connectivity index (χ1) is 15.9. The third-order valence-corrected chi connectivity index (χ3v) is 4.93. The van der Waals surface area contributed by atoms with E-state index in [0.29, 0.717) is 17.8 Å². The summed E-state index contributed by atoms with van der Waals surface area (Å²) in [7, 11) is 0. The van der Waals surface area contributed by atoms with Gasteiger partial charge in [-0.25, -0.2) is 13.8 Å². The minimum atomic E-state index is -1.04. The minimum absolute atomic E-state index is 0.136. The molecule has 0 radical (unpaired) electrons. The van der Waals surface area contributed by atoms with Gasteiger partial charge < -0.3 is 15.2 Å². The smallest absolute Gasteiger partial charge is 0.275 e. The summed E-state index contributed by atoms with van der Waals surface area (Å²) in [6.45, 7) is 2.42. The molecule has 0 spiro atoms. The summed E-state index contributed by atoms with van der Waals surface area (Å²) in [5.74, 6) is -2.75. The summed E-state index contributed by atoms with van der Waals surface area (Å²) in [6.07, 6.45) is 3.07. The van der Waals surface area contributed by atoms with Gasteiger partial charge >= 0.3 is 0 Å². The molecule has 1 aromatic heterocycles. The predicted octanol–water partition coefficient (Wildman–Crippen LogP) is 5.02. The van der Waals surface area contributed by atoms with Crippen LogP contribution in [0.15, 0.2) is 79.3 Å². The van der Waals surface area contributed by atoms with Crippen LogP contribution in [-0.4, -0.2) is 21.4 Å². The Morgan fingerprint density at radius 2 is 1.52 bits per heavy atom. The van der Waals surface area contributed by atoms with Crippen molar-refractivity contribution in [3.63, 3.8) is 0 Å². The van der Waals surface area contributed by atoms with Gasteiger partial charge in [0.1, 0.15) is 5.69 Å². The Morgan fingerprint density at radius 1 is 0.848 bits per heavy atom. The average molecular weight is 446 g/mol. The van der Waals surface area contributed by atoms with Gasteiger partial charge in [0.2, 0.25) is 0 Å². The Balaban J connectivity index is 1.35. The molecule has 6 nitrogen and oxygen atoms in total. The monoisotopic (exact) mass is 446 g/mol. The van der Waals surface area contributed by atoms with Crippen molar-refractivity contribution >= 4 is 23.2 Å². The number of nitrogens with one attached hydrogen (secondary N) is 2. The number of carbonyl (C=O) groups excluding carboxylic acids is 2. The molecule has 2 N–H and O–H groups in total. The van der Waals surface area contributed by atoms with Crippen LogP contribution in [0.25, 0.3) is 0 Å². The molecule has 0 atom stereocenters. The number of aryl methyl sites for hydroxylation is 1. The Morgan fingerprint density at radius 3 is 2.21 bits per heavy atom. The quantitative estimate of drug-likeness (QED) is 0.437. The van der Waals surface area contributed by atoms with Crippen molar-refractivity contribution < 1.29 is 18.4 Å². The maximum atomic E-state index is 13.3. The van der Waals surface area contributed by atoms with Gasteiger partial charge in [0, 0.05) is 35.7 Å². The molecule has 8 heteroatoms. The van der Waals surface area contributed by atoms with Crippen LogP contribution in [0.1, 0.15) is 32.0 Å². The Labute approximate surface area is 188 Å². The number of halogens is 2. The zero-order valence-corrected chi connectivity index (χ0v) is 17.7. The summed E-state index contributed by atoms with van der Waals surface area (Å²) >= 11 is 0. The van der Waals surface area contributed by atoms with Crippen molar-refractivity contribution in [3.05, 3.63) is 113 Å². The number of nitrogens with zero attached hydrogens (tertiary/aromatic N) is 2. The normalized spacial score (nSPS) is 10.6. The maximum absolute atomic E-state index is 13.3. The second-order valence-electron chi connectivity index (χ2n) is 7.53. The molecule has 166 valence electrons. The van der Waals surface area contributed by atoms with Crippen LogP contribution in [0.4, 0.5) is 20.2 Å². The van der Waals surface area contributed by atoms with Gasteiger partial charge in [-0.05, 0) is 48.9 Å². The molecule has 0 aliphatic carbocycles. The number of hydrogen-bond acceptors (Lipinski definition) is 3. The lowest BCUT2D eigenvalue weighted by atomic mass is 10.1. The summed E-state index contributed by atoms with van der Waals surface area (Å²) in [5, 5.41) is 5.34. The number of aromatic nitrogens is 2. The third-order valence-electron chi connectivity index (χ3n) is 4.93. The van der Waals surface area contributed by atoms with Crippen molar-refractivity contribution in [2.45, 2.75) is 13.5 Å². The highest BCUT2D eigenvalue weighted by Crippen LogP contribution is 2.15. The Hall–Kier alpha value is -4.33. The Kier molecular flexibility index (Phi) is 6.26. The fraction of sp³-hybridized carbons (Fsp3) is 0.0800. The second-order valence-corrected chi connectivity index (χ2v) is 7.53. The highest BCUT2D eigenvalue weighted by molar-refractivity contribution is 6.04. The van der Waals surface area contributed by atoms with E-state index < -0.39 is 17.5 Å². The number of hydrogen-bond donors (Lipinski definition) is 2. The number of anilines is 2. The number of imidazole rings is 1. The van der Waals surface area contributed by atoms with E-state index in [1.54, 1.807) is 35.0 Å². The van der Waals surface area contributed by atoms with Gasteiger partial charge in [0.15, 0.2) is 11.6 Å². The van der Waals surface area contributed by atoms with E-state index in [1.807, 2.05) is 31.2 Å². The molecule has 0 bridgehead atoms. The predicted molar refractivity (Wildman–Crippen MR) is 121 cm³/mol. The molecule has 0 aliphatic rings. The molecule has 0 fully saturated rings. The molecule has 0 saturated carbocycles. The van der Waals surface area contributed by atoms with E-state index in [9.17, 15) is 18.4 Å². The molecule has 0 unspecified atom stereocenters. The van der Waals surface area contributed by atoms with Crippen molar-refractivity contribution in [1.29, 1.82) is 0 Å². The lowest BCUT2D eigenvalue weighted by Crippen LogP contribution is -2.12. The average Bonchev–Trinajstić information content (AvgIpc) is 3.27. The van der Waals surface area contributed by atoms with Crippen LogP contribution < -0.4 is 10.6 Å². The van der Waals surface area contributed by atoms with Crippen LogP contribution in [0.5, 0.6) is 0 Å². The van der Waals surface area contributed by atoms with E-state index in [4.69, 9.17) is 0 Å². The van der Waals surface area contributed by atoms with Crippen LogP contribution in [0.3, 0.4) is 0 Å².